The number of rotatable bonds is 6. The second-order valence-corrected chi connectivity index (χ2v) is 10.9. The second-order valence-electron chi connectivity index (χ2n) is 9.45. The molecule has 0 spiro atoms. The van der Waals surface area contributed by atoms with Crippen molar-refractivity contribution >= 4 is 46.8 Å². The highest BCUT2D eigenvalue weighted by Crippen LogP contribution is 2.39. The van der Waals surface area contributed by atoms with E-state index in [0.717, 1.165) is 37.2 Å². The summed E-state index contributed by atoms with van der Waals surface area (Å²) in [6, 6.07) is 5.41. The summed E-state index contributed by atoms with van der Waals surface area (Å²) in [7, 11) is 0. The molecule has 1 aromatic carbocycles. The molecule has 0 unspecified atom stereocenters. The van der Waals surface area contributed by atoms with E-state index in [9.17, 15) is 4.79 Å². The number of esters is 1. The van der Waals surface area contributed by atoms with Crippen LogP contribution in [0.3, 0.4) is 0 Å². The average molecular weight is 479 g/mol. The normalized spacial score (nSPS) is 16.1. The molecule has 174 valence electrons. The van der Waals surface area contributed by atoms with Crippen molar-refractivity contribution in [3.63, 3.8) is 0 Å². The molecule has 1 aromatic heterocycles. The Kier molecular flexibility index (Phi) is 7.39. The number of hydrogen-bond donors (Lipinski definition) is 2. The largest absolute Gasteiger partial charge is 0.460 e. The van der Waals surface area contributed by atoms with Gasteiger partial charge in [0.1, 0.15) is 5.60 Å². The van der Waals surface area contributed by atoms with E-state index in [-0.39, 0.29) is 11.4 Å². The fourth-order valence-electron chi connectivity index (χ4n) is 3.53. The van der Waals surface area contributed by atoms with Crippen LogP contribution in [0.4, 0.5) is 17.5 Å². The van der Waals surface area contributed by atoms with E-state index < -0.39 is 5.60 Å². The topological polar surface area (TPSA) is 120 Å². The molecule has 0 amide bonds. The summed E-state index contributed by atoms with van der Waals surface area (Å²) >= 11 is 7.55. The molecule has 2 heterocycles. The Bertz CT molecular complexity index is 973. The summed E-state index contributed by atoms with van der Waals surface area (Å²) in [5, 5.41) is 9.51. The van der Waals surface area contributed by atoms with Gasteiger partial charge in [-0.3, -0.25) is 4.79 Å². The van der Waals surface area contributed by atoms with Crippen LogP contribution in [0.1, 0.15) is 53.4 Å². The van der Waals surface area contributed by atoms with Crippen molar-refractivity contribution in [3.05, 3.63) is 23.2 Å². The highest BCUT2D eigenvalue weighted by molar-refractivity contribution is 7.99. The van der Waals surface area contributed by atoms with Crippen molar-refractivity contribution in [3.8, 4) is 0 Å². The third-order valence-electron chi connectivity index (χ3n) is 5.48. The molecular formula is C22H31ClN6O2S. The smallest absolute Gasteiger partial charge is 0.306 e. The Morgan fingerprint density at radius 1 is 1.25 bits per heavy atom. The van der Waals surface area contributed by atoms with E-state index in [4.69, 9.17) is 27.8 Å². The number of piperidine rings is 1. The third kappa shape index (κ3) is 6.38. The summed E-state index contributed by atoms with van der Waals surface area (Å²) in [4.78, 5) is 19.4. The van der Waals surface area contributed by atoms with E-state index in [2.05, 4.69) is 27.0 Å². The maximum atomic E-state index is 12.1. The standard InChI is InChI=1S/C22H31ClN6O2S/c1-21(2,3)31-16(30)8-9-22(4)10-12-29(13-11-22)20-26-18(25)19(27-28-20)32-15-7-5-6-14(24)17(15)23/h5-7H,8-13,24H2,1-4H3,(H2,25,26,28). The van der Waals surface area contributed by atoms with Crippen molar-refractivity contribution in [1.29, 1.82) is 0 Å². The lowest BCUT2D eigenvalue weighted by atomic mass is 9.77. The molecule has 4 N–H and O–H groups in total. The molecule has 0 saturated carbocycles. The number of nitrogens with zero attached hydrogens (tertiary/aromatic N) is 4. The molecule has 1 saturated heterocycles. The van der Waals surface area contributed by atoms with Gasteiger partial charge in [-0.2, -0.15) is 4.98 Å². The lowest BCUT2D eigenvalue weighted by Crippen LogP contribution is -2.40. The Balaban J connectivity index is 1.58. The molecule has 1 fully saturated rings. The van der Waals surface area contributed by atoms with Crippen LogP contribution in [0.5, 0.6) is 0 Å². The van der Waals surface area contributed by atoms with Crippen LogP contribution in [0, 0.1) is 5.41 Å². The van der Waals surface area contributed by atoms with Crippen molar-refractivity contribution in [2.75, 3.05) is 29.5 Å². The van der Waals surface area contributed by atoms with Crippen LogP contribution in [-0.2, 0) is 9.53 Å². The molecule has 0 aliphatic carbocycles. The summed E-state index contributed by atoms with van der Waals surface area (Å²) < 4.78 is 5.44. The van der Waals surface area contributed by atoms with Gasteiger partial charge >= 0.3 is 5.97 Å². The van der Waals surface area contributed by atoms with E-state index >= 15 is 0 Å². The molecule has 32 heavy (non-hydrogen) atoms. The second kappa shape index (κ2) is 9.70. The highest BCUT2D eigenvalue weighted by Gasteiger charge is 2.32. The Morgan fingerprint density at radius 3 is 2.56 bits per heavy atom. The molecule has 0 radical (unpaired) electrons. The number of nitrogens with two attached hydrogens (primary N) is 2. The van der Waals surface area contributed by atoms with Gasteiger partial charge < -0.3 is 21.1 Å². The van der Waals surface area contributed by atoms with Gasteiger partial charge in [-0.15, -0.1) is 10.2 Å². The molecule has 3 rings (SSSR count). The predicted octanol–water partition coefficient (Wildman–Crippen LogP) is 4.57. The number of carbonyl (C=O) groups excluding carboxylic acids is 1. The van der Waals surface area contributed by atoms with Crippen LogP contribution >= 0.6 is 23.4 Å². The van der Waals surface area contributed by atoms with E-state index in [1.807, 2.05) is 32.9 Å². The quantitative estimate of drug-likeness (QED) is 0.454. The van der Waals surface area contributed by atoms with Crippen LogP contribution in [0.2, 0.25) is 5.02 Å². The summed E-state index contributed by atoms with van der Waals surface area (Å²) in [5.41, 5.74) is 12.1. The SMILES string of the molecule is CC1(CCC(=O)OC(C)(C)C)CCN(c2nnc(Sc3cccc(N)c3Cl)c(N)n2)CC1. The number of nitrogen functional groups attached to an aromatic ring is 2. The summed E-state index contributed by atoms with van der Waals surface area (Å²) in [6.45, 7) is 9.44. The first-order valence-corrected chi connectivity index (χ1v) is 11.8. The van der Waals surface area contributed by atoms with Gasteiger partial charge in [0.05, 0.1) is 10.7 Å². The molecule has 0 bridgehead atoms. The van der Waals surface area contributed by atoms with Crippen molar-refractivity contribution in [2.24, 2.45) is 5.41 Å². The van der Waals surface area contributed by atoms with Gasteiger partial charge in [-0.1, -0.05) is 36.4 Å². The van der Waals surface area contributed by atoms with Crippen LogP contribution in [0.25, 0.3) is 0 Å². The maximum Gasteiger partial charge on any atom is 0.306 e. The lowest BCUT2D eigenvalue weighted by Gasteiger charge is -2.39. The number of aromatic nitrogens is 3. The fraction of sp³-hybridized carbons (Fsp3) is 0.545. The van der Waals surface area contributed by atoms with Gasteiger partial charge in [0, 0.05) is 24.4 Å². The zero-order valence-corrected chi connectivity index (χ0v) is 20.6. The minimum atomic E-state index is -0.450. The highest BCUT2D eigenvalue weighted by atomic mass is 35.5. The molecule has 10 heteroatoms. The monoisotopic (exact) mass is 478 g/mol. The van der Waals surface area contributed by atoms with Gasteiger partial charge in [0.2, 0.25) is 5.95 Å². The third-order valence-corrected chi connectivity index (χ3v) is 7.05. The van der Waals surface area contributed by atoms with E-state index in [1.54, 1.807) is 6.07 Å². The minimum absolute atomic E-state index is 0.0756. The first-order chi connectivity index (χ1) is 15.0. The Morgan fingerprint density at radius 2 is 1.94 bits per heavy atom. The van der Waals surface area contributed by atoms with Crippen molar-refractivity contribution in [2.45, 2.75) is 68.9 Å². The van der Waals surface area contributed by atoms with Crippen molar-refractivity contribution in [1.82, 2.24) is 15.2 Å². The van der Waals surface area contributed by atoms with Gasteiger partial charge in [-0.05, 0) is 57.6 Å². The lowest BCUT2D eigenvalue weighted by molar-refractivity contribution is -0.155. The van der Waals surface area contributed by atoms with Gasteiger partial charge in [0.25, 0.3) is 0 Å². The number of hydrogen-bond acceptors (Lipinski definition) is 9. The Labute approximate surface area is 198 Å². The van der Waals surface area contributed by atoms with E-state index in [0.29, 0.717) is 33.9 Å². The molecule has 1 aliphatic rings. The number of ether oxygens (including phenoxy) is 1. The number of anilines is 3. The van der Waals surface area contributed by atoms with Gasteiger partial charge in [0.15, 0.2) is 10.8 Å². The Hall–Kier alpha value is -2.26. The zero-order chi connectivity index (χ0) is 23.5. The van der Waals surface area contributed by atoms with Crippen molar-refractivity contribution < 1.29 is 9.53 Å². The number of carbonyl (C=O) groups is 1. The van der Waals surface area contributed by atoms with Crippen LogP contribution in [-0.4, -0.2) is 39.8 Å². The minimum Gasteiger partial charge on any atom is -0.460 e. The fourth-order valence-corrected chi connectivity index (χ4v) is 4.57. The molecule has 0 atom stereocenters. The molecule has 2 aromatic rings. The average Bonchev–Trinajstić information content (AvgIpc) is 2.71. The molecule has 1 aliphatic heterocycles. The zero-order valence-electron chi connectivity index (χ0n) is 19.0. The first kappa shape index (κ1) is 24.4. The number of halogens is 1. The predicted molar refractivity (Wildman–Crippen MR) is 129 cm³/mol. The maximum absolute atomic E-state index is 12.1. The number of benzene rings is 1. The van der Waals surface area contributed by atoms with Crippen LogP contribution < -0.4 is 16.4 Å². The molecular weight excluding hydrogens is 448 g/mol. The van der Waals surface area contributed by atoms with Gasteiger partial charge in [-0.25, -0.2) is 0 Å². The van der Waals surface area contributed by atoms with Crippen LogP contribution in [0.15, 0.2) is 28.1 Å². The summed E-state index contributed by atoms with van der Waals surface area (Å²) in [6.07, 6.45) is 3.08. The molecule has 8 nitrogen and oxygen atoms in total. The van der Waals surface area contributed by atoms with E-state index in [1.165, 1.54) is 11.8 Å². The first-order valence-electron chi connectivity index (χ1n) is 10.6. The summed E-state index contributed by atoms with van der Waals surface area (Å²) in [5.74, 6) is 0.672.